The van der Waals surface area contributed by atoms with Crippen molar-refractivity contribution in [2.45, 2.75) is 19.9 Å². The van der Waals surface area contributed by atoms with Crippen LogP contribution in [0.15, 0.2) is 42.6 Å². The summed E-state index contributed by atoms with van der Waals surface area (Å²) in [6.07, 6.45) is 2.26. The van der Waals surface area contributed by atoms with Crippen molar-refractivity contribution in [2.75, 3.05) is 5.32 Å². The van der Waals surface area contributed by atoms with Crippen molar-refractivity contribution < 1.29 is 0 Å². The highest BCUT2D eigenvalue weighted by atomic mass is 14.9. The van der Waals surface area contributed by atoms with E-state index >= 15 is 0 Å². The summed E-state index contributed by atoms with van der Waals surface area (Å²) in [4.78, 5) is 4.25. The number of aromatic nitrogens is 1. The molecule has 0 aliphatic heterocycles. The Morgan fingerprint density at radius 3 is 2.67 bits per heavy atom. The van der Waals surface area contributed by atoms with Gasteiger partial charge in [-0.1, -0.05) is 18.2 Å². The molecule has 0 bridgehead atoms. The van der Waals surface area contributed by atoms with Crippen molar-refractivity contribution in [3.63, 3.8) is 0 Å². The van der Waals surface area contributed by atoms with Gasteiger partial charge in [-0.2, -0.15) is 5.26 Å². The first kappa shape index (κ1) is 12.1. The lowest BCUT2D eigenvalue weighted by Crippen LogP contribution is -2.02. The number of nitriles is 1. The zero-order valence-corrected chi connectivity index (χ0v) is 10.4. The molecule has 90 valence electrons. The minimum Gasteiger partial charge on any atom is -0.381 e. The van der Waals surface area contributed by atoms with Crippen LogP contribution in [0.2, 0.25) is 0 Å². The molecule has 2 aromatic rings. The van der Waals surface area contributed by atoms with Crippen molar-refractivity contribution >= 4 is 5.69 Å². The molecule has 1 N–H and O–H groups in total. The van der Waals surface area contributed by atoms with E-state index in [1.807, 2.05) is 37.3 Å². The summed E-state index contributed by atoms with van der Waals surface area (Å²) in [6, 6.07) is 14.1. The maximum atomic E-state index is 8.60. The molecular weight excluding hydrogens is 222 g/mol. The van der Waals surface area contributed by atoms with Crippen molar-refractivity contribution in [2.24, 2.45) is 0 Å². The number of nitrogens with one attached hydrogen (secondary N) is 1. The lowest BCUT2D eigenvalue weighted by molar-refractivity contribution is 1.06. The quantitative estimate of drug-likeness (QED) is 0.889. The SMILES string of the molecule is Cc1ncccc1CNc1ccc(CC#N)cc1. The van der Waals surface area contributed by atoms with E-state index < -0.39 is 0 Å². The smallest absolute Gasteiger partial charge is 0.0669 e. The molecule has 0 spiro atoms. The Bertz CT molecular complexity index is 553. The predicted octanol–water partition coefficient (Wildman–Crippen LogP) is 3.07. The summed E-state index contributed by atoms with van der Waals surface area (Å²) in [6.45, 7) is 2.77. The topological polar surface area (TPSA) is 48.7 Å². The highest BCUT2D eigenvalue weighted by Crippen LogP contribution is 2.12. The second-order valence-corrected chi connectivity index (χ2v) is 4.13. The molecule has 0 atom stereocenters. The van der Waals surface area contributed by atoms with Crippen LogP contribution in [0.3, 0.4) is 0 Å². The third kappa shape index (κ3) is 3.08. The molecule has 0 saturated carbocycles. The van der Waals surface area contributed by atoms with Crippen LogP contribution in [0.1, 0.15) is 16.8 Å². The van der Waals surface area contributed by atoms with Crippen LogP contribution < -0.4 is 5.32 Å². The van der Waals surface area contributed by atoms with Gasteiger partial charge in [0, 0.05) is 24.1 Å². The molecule has 0 aliphatic rings. The number of anilines is 1. The summed E-state index contributed by atoms with van der Waals surface area (Å²) in [5.41, 5.74) is 4.34. The van der Waals surface area contributed by atoms with Gasteiger partial charge in [-0.25, -0.2) is 0 Å². The van der Waals surface area contributed by atoms with Crippen LogP contribution in [0, 0.1) is 18.3 Å². The maximum Gasteiger partial charge on any atom is 0.0669 e. The van der Waals surface area contributed by atoms with Gasteiger partial charge in [0.15, 0.2) is 0 Å². The van der Waals surface area contributed by atoms with Gasteiger partial charge in [-0.15, -0.1) is 0 Å². The Morgan fingerprint density at radius 2 is 2.00 bits per heavy atom. The highest BCUT2D eigenvalue weighted by molar-refractivity contribution is 5.45. The Balaban J connectivity index is 1.98. The maximum absolute atomic E-state index is 8.60. The molecule has 0 radical (unpaired) electrons. The van der Waals surface area contributed by atoms with E-state index in [9.17, 15) is 0 Å². The average molecular weight is 237 g/mol. The summed E-state index contributed by atoms with van der Waals surface area (Å²) in [7, 11) is 0. The Hall–Kier alpha value is -2.34. The lowest BCUT2D eigenvalue weighted by Gasteiger charge is -2.08. The third-order valence-electron chi connectivity index (χ3n) is 2.84. The number of pyridine rings is 1. The molecule has 0 fully saturated rings. The largest absolute Gasteiger partial charge is 0.381 e. The number of rotatable bonds is 4. The molecule has 3 heteroatoms. The standard InChI is InChI=1S/C15H15N3/c1-12-14(3-2-10-17-12)11-18-15-6-4-13(5-7-15)8-9-16/h2-7,10,18H,8,11H2,1H3. The Morgan fingerprint density at radius 1 is 1.22 bits per heavy atom. The van der Waals surface area contributed by atoms with Crippen LogP contribution in [0.25, 0.3) is 0 Å². The van der Waals surface area contributed by atoms with Crippen molar-refractivity contribution in [3.8, 4) is 6.07 Å². The van der Waals surface area contributed by atoms with E-state index in [-0.39, 0.29) is 0 Å². The van der Waals surface area contributed by atoms with E-state index in [4.69, 9.17) is 5.26 Å². The predicted molar refractivity (Wildman–Crippen MR) is 72.1 cm³/mol. The summed E-state index contributed by atoms with van der Waals surface area (Å²) < 4.78 is 0. The first-order chi connectivity index (χ1) is 8.79. The van der Waals surface area contributed by atoms with E-state index in [0.717, 1.165) is 23.5 Å². The second kappa shape index (κ2) is 5.83. The van der Waals surface area contributed by atoms with Gasteiger partial charge in [-0.05, 0) is 36.2 Å². The molecule has 1 heterocycles. The van der Waals surface area contributed by atoms with E-state index in [1.165, 1.54) is 5.56 Å². The number of nitrogens with zero attached hydrogens (tertiary/aromatic N) is 2. The number of hydrogen-bond donors (Lipinski definition) is 1. The summed E-state index contributed by atoms with van der Waals surface area (Å²) in [5.74, 6) is 0. The molecule has 0 unspecified atom stereocenters. The van der Waals surface area contributed by atoms with Gasteiger partial charge in [-0.3, -0.25) is 4.98 Å². The molecule has 1 aromatic carbocycles. The fourth-order valence-corrected chi connectivity index (χ4v) is 1.73. The zero-order chi connectivity index (χ0) is 12.8. The first-order valence-electron chi connectivity index (χ1n) is 5.90. The number of benzene rings is 1. The molecule has 0 saturated heterocycles. The van der Waals surface area contributed by atoms with Crippen LogP contribution in [-0.2, 0) is 13.0 Å². The van der Waals surface area contributed by atoms with E-state index in [1.54, 1.807) is 6.20 Å². The molecule has 0 amide bonds. The van der Waals surface area contributed by atoms with Gasteiger partial charge in [0.25, 0.3) is 0 Å². The highest BCUT2D eigenvalue weighted by Gasteiger charge is 1.98. The monoisotopic (exact) mass is 237 g/mol. The van der Waals surface area contributed by atoms with Crippen LogP contribution in [-0.4, -0.2) is 4.98 Å². The molecule has 0 aliphatic carbocycles. The Labute approximate surface area is 107 Å². The molecule has 3 nitrogen and oxygen atoms in total. The molecule has 2 rings (SSSR count). The van der Waals surface area contributed by atoms with Gasteiger partial charge >= 0.3 is 0 Å². The average Bonchev–Trinajstić information content (AvgIpc) is 2.40. The fraction of sp³-hybridized carbons (Fsp3) is 0.200. The van der Waals surface area contributed by atoms with E-state index in [2.05, 4.69) is 22.4 Å². The molecular formula is C15H15N3. The normalized spacial score (nSPS) is 9.78. The van der Waals surface area contributed by atoms with Gasteiger partial charge in [0.1, 0.15) is 0 Å². The minimum atomic E-state index is 0.460. The molecule has 1 aromatic heterocycles. The van der Waals surface area contributed by atoms with Gasteiger partial charge < -0.3 is 5.32 Å². The first-order valence-corrected chi connectivity index (χ1v) is 5.90. The van der Waals surface area contributed by atoms with Crippen LogP contribution in [0.5, 0.6) is 0 Å². The van der Waals surface area contributed by atoms with Gasteiger partial charge in [0.2, 0.25) is 0 Å². The van der Waals surface area contributed by atoms with Gasteiger partial charge in [0.05, 0.1) is 12.5 Å². The summed E-state index contributed by atoms with van der Waals surface area (Å²) in [5, 5.41) is 11.9. The third-order valence-corrected chi connectivity index (χ3v) is 2.84. The fourth-order valence-electron chi connectivity index (χ4n) is 1.73. The van der Waals surface area contributed by atoms with Crippen molar-refractivity contribution in [1.29, 1.82) is 5.26 Å². The minimum absolute atomic E-state index is 0.460. The Kier molecular flexibility index (Phi) is 3.93. The molecule has 18 heavy (non-hydrogen) atoms. The van der Waals surface area contributed by atoms with Crippen LogP contribution >= 0.6 is 0 Å². The summed E-state index contributed by atoms with van der Waals surface area (Å²) >= 11 is 0. The van der Waals surface area contributed by atoms with Crippen LogP contribution in [0.4, 0.5) is 5.69 Å². The lowest BCUT2D eigenvalue weighted by atomic mass is 10.1. The number of hydrogen-bond acceptors (Lipinski definition) is 3. The van der Waals surface area contributed by atoms with E-state index in [0.29, 0.717) is 6.42 Å². The van der Waals surface area contributed by atoms with Crippen molar-refractivity contribution in [1.82, 2.24) is 4.98 Å². The van der Waals surface area contributed by atoms with Crippen molar-refractivity contribution in [3.05, 3.63) is 59.4 Å². The zero-order valence-electron chi connectivity index (χ0n) is 10.4. The second-order valence-electron chi connectivity index (χ2n) is 4.13. The number of aryl methyl sites for hydroxylation is 1.